The number of aromatic amines is 1. The van der Waals surface area contributed by atoms with Gasteiger partial charge in [0.05, 0.1) is 37.7 Å². The van der Waals surface area contributed by atoms with Crippen molar-refractivity contribution < 1.29 is 18.3 Å². The largest absolute Gasteiger partial charge is 0.395 e. The van der Waals surface area contributed by atoms with Crippen molar-refractivity contribution in [1.82, 2.24) is 34.4 Å². The molecule has 6 heterocycles. The zero-order valence-corrected chi connectivity index (χ0v) is 20.6. The van der Waals surface area contributed by atoms with Crippen molar-refractivity contribution in [3.05, 3.63) is 39.8 Å². The number of thiophene rings is 1. The van der Waals surface area contributed by atoms with Gasteiger partial charge in [-0.1, -0.05) is 0 Å². The Kier molecular flexibility index (Phi) is 5.92. The highest BCUT2D eigenvalue weighted by atomic mass is 32.1. The Hall–Kier alpha value is -3.10. The number of rotatable bonds is 6. The number of aliphatic hydroxyl groups excluding tert-OH is 1. The molecule has 0 aromatic carbocycles. The molecule has 2 aliphatic heterocycles. The topological polar surface area (TPSA) is 116 Å². The summed E-state index contributed by atoms with van der Waals surface area (Å²) in [6.45, 7) is 3.87. The molecule has 4 aromatic rings. The van der Waals surface area contributed by atoms with Crippen molar-refractivity contribution in [3.63, 3.8) is 0 Å². The number of aliphatic hydroxyl groups is 1. The molecular weight excluding hydrogens is 509 g/mol. The highest BCUT2D eigenvalue weighted by Crippen LogP contribution is 2.43. The van der Waals surface area contributed by atoms with Gasteiger partial charge in [-0.3, -0.25) is 14.5 Å². The molecule has 14 heteroatoms. The molecular formula is C23H25F3N8O2S. The number of likely N-dealkylation sites (tertiary alicyclic amines) is 1. The lowest BCUT2D eigenvalue weighted by Gasteiger charge is -2.25. The summed E-state index contributed by atoms with van der Waals surface area (Å²) in [5.74, 6) is 1.32. The zero-order valence-electron chi connectivity index (χ0n) is 19.8. The molecule has 4 aromatic heterocycles. The number of halogens is 3. The molecule has 1 unspecified atom stereocenters. The second-order valence-electron chi connectivity index (χ2n) is 9.88. The van der Waals surface area contributed by atoms with Gasteiger partial charge < -0.3 is 10.0 Å². The Morgan fingerprint density at radius 3 is 2.81 bits per heavy atom. The summed E-state index contributed by atoms with van der Waals surface area (Å²) in [5, 5.41) is 9.86. The van der Waals surface area contributed by atoms with Crippen LogP contribution in [0.15, 0.2) is 23.4 Å². The number of H-pyrrole nitrogens is 1. The van der Waals surface area contributed by atoms with Crippen LogP contribution in [-0.2, 0) is 19.5 Å². The average Bonchev–Trinajstić information content (AvgIpc) is 3.60. The molecule has 37 heavy (non-hydrogen) atoms. The highest BCUT2D eigenvalue weighted by Gasteiger charge is 2.44. The van der Waals surface area contributed by atoms with Crippen LogP contribution in [0.5, 0.6) is 0 Å². The van der Waals surface area contributed by atoms with Crippen LogP contribution in [0.25, 0.3) is 21.4 Å². The second-order valence-corrected chi connectivity index (χ2v) is 11.0. The number of nitrogens with zero attached hydrogens (tertiary/aromatic N) is 7. The lowest BCUT2D eigenvalue weighted by atomic mass is 9.86. The molecule has 196 valence electrons. The van der Waals surface area contributed by atoms with Gasteiger partial charge >= 0.3 is 11.9 Å². The molecule has 0 saturated carbocycles. The minimum absolute atomic E-state index is 0.0605. The van der Waals surface area contributed by atoms with Crippen LogP contribution in [0, 0.1) is 5.41 Å². The molecule has 0 radical (unpaired) electrons. The lowest BCUT2D eigenvalue weighted by molar-refractivity contribution is -0.126. The van der Waals surface area contributed by atoms with Gasteiger partial charge in [-0.2, -0.15) is 13.2 Å². The van der Waals surface area contributed by atoms with E-state index in [2.05, 4.69) is 34.7 Å². The highest BCUT2D eigenvalue weighted by molar-refractivity contribution is 7.18. The van der Waals surface area contributed by atoms with E-state index in [1.165, 1.54) is 10.9 Å². The minimum atomic E-state index is -4.26. The number of hydrogen-bond donors (Lipinski definition) is 2. The van der Waals surface area contributed by atoms with Crippen LogP contribution in [0.4, 0.5) is 19.0 Å². The third kappa shape index (κ3) is 4.68. The Balaban J connectivity index is 1.16. The average molecular weight is 535 g/mol. The fourth-order valence-electron chi connectivity index (χ4n) is 5.62. The summed E-state index contributed by atoms with van der Waals surface area (Å²) < 4.78 is 40.2. The van der Waals surface area contributed by atoms with Crippen LogP contribution >= 0.6 is 11.3 Å². The number of nitrogens with one attached hydrogen (secondary N) is 1. The fraction of sp³-hybridized carbons (Fsp3) is 0.522. The maximum atomic E-state index is 12.9. The van der Waals surface area contributed by atoms with Gasteiger partial charge in [0.25, 0.3) is 0 Å². The number of hydrogen-bond acceptors (Lipinski definition) is 9. The number of anilines is 1. The van der Waals surface area contributed by atoms with E-state index < -0.39 is 12.6 Å². The number of fused-ring (bicyclic) bond motifs is 2. The molecule has 10 nitrogen and oxygen atoms in total. The SMILES string of the molecule is O=c1[nH]c2nc(CN3CCC4(CCN(c5ncnc6sc(CC(F)(F)F)cc56)C4)C3)ncc2n1CCO. The predicted octanol–water partition coefficient (Wildman–Crippen LogP) is 2.32. The van der Waals surface area contributed by atoms with Crippen molar-refractivity contribution in [1.29, 1.82) is 0 Å². The van der Waals surface area contributed by atoms with Crippen LogP contribution in [0.1, 0.15) is 23.5 Å². The normalized spacial score (nSPS) is 20.8. The monoisotopic (exact) mass is 534 g/mol. The van der Waals surface area contributed by atoms with E-state index in [0.29, 0.717) is 39.6 Å². The third-order valence-electron chi connectivity index (χ3n) is 7.26. The summed E-state index contributed by atoms with van der Waals surface area (Å²) in [6, 6.07) is 1.58. The third-order valence-corrected chi connectivity index (χ3v) is 8.30. The smallest absolute Gasteiger partial charge is 0.393 e. The van der Waals surface area contributed by atoms with Gasteiger partial charge in [-0.15, -0.1) is 11.3 Å². The van der Waals surface area contributed by atoms with Gasteiger partial charge in [0.15, 0.2) is 5.65 Å². The number of alkyl halides is 3. The second kappa shape index (κ2) is 9.03. The molecule has 2 fully saturated rings. The number of imidazole rings is 1. The van der Waals surface area contributed by atoms with Crippen LogP contribution < -0.4 is 10.6 Å². The summed E-state index contributed by atoms with van der Waals surface area (Å²) in [4.78, 5) is 37.8. The van der Waals surface area contributed by atoms with Gasteiger partial charge in [0.1, 0.15) is 28.3 Å². The first-order chi connectivity index (χ1) is 17.7. The molecule has 1 spiro atoms. The first-order valence-corrected chi connectivity index (χ1v) is 12.9. The number of aromatic nitrogens is 6. The van der Waals surface area contributed by atoms with Gasteiger partial charge in [0, 0.05) is 29.9 Å². The molecule has 0 amide bonds. The van der Waals surface area contributed by atoms with Crippen molar-refractivity contribution in [2.75, 3.05) is 37.7 Å². The molecule has 2 N–H and O–H groups in total. The Bertz CT molecular complexity index is 1520. The van der Waals surface area contributed by atoms with Gasteiger partial charge in [-0.05, 0) is 25.5 Å². The molecule has 0 bridgehead atoms. The summed E-state index contributed by atoms with van der Waals surface area (Å²) in [6.07, 6.45) is -0.211. The van der Waals surface area contributed by atoms with Gasteiger partial charge in [0.2, 0.25) is 0 Å². The maximum Gasteiger partial charge on any atom is 0.393 e. The predicted molar refractivity (Wildman–Crippen MR) is 132 cm³/mol. The first kappa shape index (κ1) is 24.2. The Morgan fingerprint density at radius 1 is 1.16 bits per heavy atom. The molecule has 1 atom stereocenters. The van der Waals surface area contributed by atoms with Crippen molar-refractivity contribution in [2.24, 2.45) is 5.41 Å². The molecule has 0 aliphatic carbocycles. The van der Waals surface area contributed by atoms with Crippen LogP contribution in [0.3, 0.4) is 0 Å². The fourth-order valence-corrected chi connectivity index (χ4v) is 6.64. The summed E-state index contributed by atoms with van der Waals surface area (Å²) in [7, 11) is 0. The van der Waals surface area contributed by atoms with E-state index in [1.54, 1.807) is 12.3 Å². The van der Waals surface area contributed by atoms with E-state index in [1.807, 2.05) is 0 Å². The van der Waals surface area contributed by atoms with E-state index in [9.17, 15) is 23.1 Å². The lowest BCUT2D eigenvalue weighted by Crippen LogP contribution is -2.31. The van der Waals surface area contributed by atoms with E-state index in [4.69, 9.17) is 0 Å². The first-order valence-electron chi connectivity index (χ1n) is 12.0. The van der Waals surface area contributed by atoms with Crippen molar-refractivity contribution in [3.8, 4) is 0 Å². The van der Waals surface area contributed by atoms with E-state index >= 15 is 0 Å². The maximum absolute atomic E-state index is 12.9. The zero-order chi connectivity index (χ0) is 25.8. The summed E-state index contributed by atoms with van der Waals surface area (Å²) >= 11 is 1.07. The minimum Gasteiger partial charge on any atom is -0.395 e. The Labute approximate surface area is 212 Å². The van der Waals surface area contributed by atoms with E-state index in [-0.39, 0.29) is 29.1 Å². The molecule has 6 rings (SSSR count). The van der Waals surface area contributed by atoms with Crippen LogP contribution in [0.2, 0.25) is 0 Å². The van der Waals surface area contributed by atoms with Crippen LogP contribution in [-0.4, -0.2) is 78.5 Å². The molecule has 2 aliphatic rings. The standard InChI is InChI=1S/C23H25F3N8O2S/c24-23(25,26)8-14-7-15-19(28-13-29-20(15)37-14)33-4-2-22(12-33)1-3-32(11-22)10-17-27-9-16-18(30-17)31-21(36)34(16)5-6-35/h7,9,13,35H,1-6,8,10-12H2,(H,27,30,31,36). The summed E-state index contributed by atoms with van der Waals surface area (Å²) in [5.41, 5.74) is 0.759. The van der Waals surface area contributed by atoms with Gasteiger partial charge in [-0.25, -0.2) is 24.7 Å². The molecule has 2 saturated heterocycles. The van der Waals surface area contributed by atoms with Crippen molar-refractivity contribution >= 4 is 38.5 Å². The Morgan fingerprint density at radius 2 is 2.00 bits per heavy atom. The quantitative estimate of drug-likeness (QED) is 0.387. The van der Waals surface area contributed by atoms with E-state index in [0.717, 1.165) is 50.4 Å². The van der Waals surface area contributed by atoms with Crippen molar-refractivity contribution in [2.45, 2.75) is 38.5 Å².